The molecule has 0 radical (unpaired) electrons. The molecule has 0 aliphatic heterocycles. The fraction of sp³-hybridized carbons (Fsp3) is 0.600. The summed E-state index contributed by atoms with van der Waals surface area (Å²) in [6, 6.07) is 0.410. The summed E-state index contributed by atoms with van der Waals surface area (Å²) in [7, 11) is 3.17. The summed E-state index contributed by atoms with van der Waals surface area (Å²) in [4.78, 5) is 7.46. The number of aliphatic imine (C=N–C) groups is 2. The Hall–Kier alpha value is -0.860. The van der Waals surface area contributed by atoms with Gasteiger partial charge in [0.05, 0.1) is 7.11 Å². The molecule has 46 valence electrons. The van der Waals surface area contributed by atoms with E-state index in [2.05, 4.69) is 9.98 Å². The lowest BCUT2D eigenvalue weighted by Crippen LogP contribution is -1.95. The highest BCUT2D eigenvalue weighted by Gasteiger charge is 1.83. The lowest BCUT2D eigenvalue weighted by molar-refractivity contribution is 0.396. The zero-order chi connectivity index (χ0) is 6.41. The first-order valence-electron chi connectivity index (χ1n) is 2.34. The summed E-state index contributed by atoms with van der Waals surface area (Å²) in [6.07, 6.45) is 1.63. The van der Waals surface area contributed by atoms with E-state index in [1.807, 2.05) is 6.92 Å². The van der Waals surface area contributed by atoms with Crippen LogP contribution >= 0.6 is 0 Å². The lowest BCUT2D eigenvalue weighted by atomic mass is 10.9. The Kier molecular flexibility index (Phi) is 3.84. The van der Waals surface area contributed by atoms with Gasteiger partial charge in [0.1, 0.15) is 0 Å². The van der Waals surface area contributed by atoms with E-state index >= 15 is 0 Å². The summed E-state index contributed by atoms with van der Waals surface area (Å²) in [5, 5.41) is 0. The number of hydrogen-bond acceptors (Lipinski definition) is 2. The maximum Gasteiger partial charge on any atom is 0.310 e. The van der Waals surface area contributed by atoms with Crippen LogP contribution in [0.1, 0.15) is 6.92 Å². The lowest BCUT2D eigenvalue weighted by Gasteiger charge is -1.91. The number of amidine groups is 1. The smallest absolute Gasteiger partial charge is 0.310 e. The first-order valence-corrected chi connectivity index (χ1v) is 2.34. The molecular weight excluding hydrogens is 104 g/mol. The van der Waals surface area contributed by atoms with Gasteiger partial charge in [-0.2, -0.15) is 0 Å². The molecule has 3 nitrogen and oxygen atoms in total. The van der Waals surface area contributed by atoms with Crippen molar-refractivity contribution in [1.29, 1.82) is 0 Å². The molecule has 0 aliphatic carbocycles. The van der Waals surface area contributed by atoms with E-state index < -0.39 is 0 Å². The second-order valence-electron chi connectivity index (χ2n) is 1.10. The zero-order valence-electron chi connectivity index (χ0n) is 5.38. The standard InChI is InChI=1S/C5H10N2O/c1-4-7-5(6-2)8-3/h4H,1-3H3. The quantitative estimate of drug-likeness (QED) is 0.337. The molecule has 0 fully saturated rings. The van der Waals surface area contributed by atoms with E-state index in [-0.39, 0.29) is 0 Å². The molecule has 0 amide bonds. The second-order valence-corrected chi connectivity index (χ2v) is 1.10. The topological polar surface area (TPSA) is 34.0 Å². The molecule has 0 unspecified atom stereocenters. The van der Waals surface area contributed by atoms with Gasteiger partial charge < -0.3 is 4.74 Å². The van der Waals surface area contributed by atoms with Crippen LogP contribution < -0.4 is 0 Å². The molecular formula is C5H10N2O. The number of nitrogens with zero attached hydrogens (tertiary/aromatic N) is 2. The number of methoxy groups -OCH3 is 1. The predicted octanol–water partition coefficient (Wildman–Crippen LogP) is 0.709. The summed E-state index contributed by atoms with van der Waals surface area (Å²) < 4.78 is 4.69. The van der Waals surface area contributed by atoms with Gasteiger partial charge in [0.25, 0.3) is 0 Å². The van der Waals surface area contributed by atoms with Gasteiger partial charge in [0, 0.05) is 13.3 Å². The van der Waals surface area contributed by atoms with Gasteiger partial charge in [0.15, 0.2) is 0 Å². The maximum absolute atomic E-state index is 4.69. The average Bonchev–Trinajstić information content (AvgIpc) is 1.83. The number of hydrogen-bond donors (Lipinski definition) is 0. The summed E-state index contributed by atoms with van der Waals surface area (Å²) in [5.74, 6) is 0. The monoisotopic (exact) mass is 114 g/mol. The highest BCUT2D eigenvalue weighted by Crippen LogP contribution is 1.77. The van der Waals surface area contributed by atoms with Crippen LogP contribution in [0.5, 0.6) is 0 Å². The fourth-order valence-electron chi connectivity index (χ4n) is 0.312. The average molecular weight is 114 g/mol. The predicted molar refractivity (Wildman–Crippen MR) is 34.5 cm³/mol. The van der Waals surface area contributed by atoms with Crippen LogP contribution in [0.2, 0.25) is 0 Å². The van der Waals surface area contributed by atoms with Crippen molar-refractivity contribution in [3.63, 3.8) is 0 Å². The van der Waals surface area contributed by atoms with Crippen molar-refractivity contribution in [1.82, 2.24) is 0 Å². The second kappa shape index (κ2) is 4.30. The van der Waals surface area contributed by atoms with Crippen molar-refractivity contribution >= 4 is 12.2 Å². The van der Waals surface area contributed by atoms with Crippen molar-refractivity contribution in [2.45, 2.75) is 6.92 Å². The molecule has 8 heavy (non-hydrogen) atoms. The first-order chi connectivity index (χ1) is 3.85. The van der Waals surface area contributed by atoms with E-state index in [0.29, 0.717) is 6.02 Å². The Morgan fingerprint density at radius 2 is 2.25 bits per heavy atom. The van der Waals surface area contributed by atoms with Gasteiger partial charge in [-0.15, -0.1) is 0 Å². The van der Waals surface area contributed by atoms with Crippen molar-refractivity contribution in [3.8, 4) is 0 Å². The van der Waals surface area contributed by atoms with Crippen molar-refractivity contribution in [2.75, 3.05) is 14.2 Å². The van der Waals surface area contributed by atoms with Crippen molar-refractivity contribution in [2.24, 2.45) is 9.98 Å². The van der Waals surface area contributed by atoms with E-state index in [1.165, 1.54) is 7.11 Å². The third kappa shape index (κ3) is 2.34. The van der Waals surface area contributed by atoms with Crippen molar-refractivity contribution in [3.05, 3.63) is 0 Å². The SMILES string of the molecule is CC=NC(=NC)OC. The van der Waals surface area contributed by atoms with Gasteiger partial charge in [-0.25, -0.2) is 9.98 Å². The van der Waals surface area contributed by atoms with Crippen LogP contribution in [0, 0.1) is 0 Å². The molecule has 0 aromatic heterocycles. The third-order valence-electron chi connectivity index (χ3n) is 0.613. The van der Waals surface area contributed by atoms with E-state index in [9.17, 15) is 0 Å². The summed E-state index contributed by atoms with van der Waals surface area (Å²) >= 11 is 0. The zero-order valence-corrected chi connectivity index (χ0v) is 5.38. The maximum atomic E-state index is 4.69. The minimum atomic E-state index is 0.410. The number of rotatable bonds is 0. The molecule has 3 heteroatoms. The van der Waals surface area contributed by atoms with Crippen molar-refractivity contribution < 1.29 is 4.74 Å². The highest BCUT2D eigenvalue weighted by atomic mass is 16.5. The Morgan fingerprint density at radius 3 is 2.38 bits per heavy atom. The summed E-state index contributed by atoms with van der Waals surface area (Å²) in [5.41, 5.74) is 0. The van der Waals surface area contributed by atoms with Gasteiger partial charge in [-0.3, -0.25) is 0 Å². The third-order valence-corrected chi connectivity index (χ3v) is 0.613. The molecule has 0 spiro atoms. The van der Waals surface area contributed by atoms with Gasteiger partial charge >= 0.3 is 6.02 Å². The van der Waals surface area contributed by atoms with E-state index in [4.69, 9.17) is 4.74 Å². The molecule has 0 atom stereocenters. The Bertz CT molecular complexity index is 104. The van der Waals surface area contributed by atoms with Crippen LogP contribution in [-0.4, -0.2) is 26.4 Å². The molecule has 0 bridgehead atoms. The number of ether oxygens (including phenoxy) is 1. The first kappa shape index (κ1) is 7.14. The van der Waals surface area contributed by atoms with Crippen LogP contribution in [0.3, 0.4) is 0 Å². The normalized spacial score (nSPS) is 12.6. The molecule has 0 rings (SSSR count). The Morgan fingerprint density at radius 1 is 1.62 bits per heavy atom. The minimum Gasteiger partial charge on any atom is -0.467 e. The molecule has 0 saturated heterocycles. The molecule has 0 aromatic rings. The van der Waals surface area contributed by atoms with Crippen LogP contribution in [0.4, 0.5) is 0 Å². The van der Waals surface area contributed by atoms with Gasteiger partial charge in [-0.05, 0) is 6.92 Å². The Balaban J connectivity index is 3.72. The van der Waals surface area contributed by atoms with Crippen LogP contribution in [0.15, 0.2) is 9.98 Å². The fourth-order valence-corrected chi connectivity index (χ4v) is 0.312. The largest absolute Gasteiger partial charge is 0.467 e. The van der Waals surface area contributed by atoms with Crippen LogP contribution in [-0.2, 0) is 4.74 Å². The minimum absolute atomic E-state index is 0.410. The van der Waals surface area contributed by atoms with Crippen LogP contribution in [0.25, 0.3) is 0 Å². The summed E-state index contributed by atoms with van der Waals surface area (Å²) in [6.45, 7) is 1.81. The highest BCUT2D eigenvalue weighted by molar-refractivity contribution is 5.82. The Labute approximate surface area is 49.1 Å². The van der Waals surface area contributed by atoms with Gasteiger partial charge in [-0.1, -0.05) is 0 Å². The van der Waals surface area contributed by atoms with Gasteiger partial charge in [0.2, 0.25) is 0 Å². The van der Waals surface area contributed by atoms with E-state index in [0.717, 1.165) is 0 Å². The molecule has 0 heterocycles. The molecule has 0 aliphatic rings. The molecule has 0 saturated carbocycles. The molecule has 0 aromatic carbocycles. The van der Waals surface area contributed by atoms with E-state index in [1.54, 1.807) is 13.3 Å². The molecule has 0 N–H and O–H groups in total.